The highest BCUT2D eigenvalue weighted by molar-refractivity contribution is 14.1. The quantitative estimate of drug-likeness (QED) is 0.347. The Bertz CT molecular complexity index is 533. The number of halogens is 1. The topological polar surface area (TPSA) is 69.3 Å². The highest BCUT2D eigenvalue weighted by atomic mass is 127. The predicted molar refractivity (Wildman–Crippen MR) is 87.4 cm³/mol. The molecule has 2 N–H and O–H groups in total. The molecule has 0 saturated heterocycles. The third-order valence-electron chi connectivity index (χ3n) is 2.87. The molecular weight excluding hydrogens is 355 g/mol. The molecule has 0 fully saturated rings. The van der Waals surface area contributed by atoms with Crippen molar-refractivity contribution in [2.24, 2.45) is 15.1 Å². The van der Waals surface area contributed by atoms with Gasteiger partial charge in [-0.15, -0.1) is 0 Å². The minimum absolute atomic E-state index is 0.0119. The van der Waals surface area contributed by atoms with Gasteiger partial charge in [-0.05, 0) is 18.6 Å². The molecule has 6 heteroatoms. The lowest BCUT2D eigenvalue weighted by atomic mass is 9.91. The van der Waals surface area contributed by atoms with Gasteiger partial charge in [0.25, 0.3) is 0 Å². The Morgan fingerprint density at radius 3 is 3.26 bits per heavy atom. The number of allylic oxidation sites excluding steroid dienone is 1. The first kappa shape index (κ1) is 14.0. The zero-order valence-electron chi connectivity index (χ0n) is 10.5. The Hall–Kier alpha value is -1.44. The summed E-state index contributed by atoms with van der Waals surface area (Å²) in [6.45, 7) is 5.31. The van der Waals surface area contributed by atoms with Gasteiger partial charge in [-0.2, -0.15) is 5.10 Å². The Labute approximate surface area is 125 Å². The predicted octanol–water partition coefficient (Wildman–Crippen LogP) is 2.52. The van der Waals surface area contributed by atoms with Gasteiger partial charge < -0.3 is 10.5 Å². The summed E-state index contributed by atoms with van der Waals surface area (Å²) in [5.74, 6) is 0.918. The van der Waals surface area contributed by atoms with E-state index in [9.17, 15) is 5.11 Å². The van der Waals surface area contributed by atoms with E-state index >= 15 is 0 Å². The second kappa shape index (κ2) is 5.68. The van der Waals surface area contributed by atoms with Crippen LogP contribution in [0.1, 0.15) is 13.3 Å². The molecule has 100 valence electrons. The average Bonchev–Trinajstić information content (AvgIpc) is 2.71. The molecule has 1 aliphatic carbocycles. The van der Waals surface area contributed by atoms with Crippen molar-refractivity contribution in [1.29, 1.82) is 0 Å². The molecule has 0 aromatic carbocycles. The summed E-state index contributed by atoms with van der Waals surface area (Å²) < 4.78 is -0.211. The largest absolute Gasteiger partial charge is 0.508 e. The normalized spacial score (nSPS) is 29.8. The van der Waals surface area contributed by atoms with Crippen molar-refractivity contribution in [2.75, 3.05) is 0 Å². The van der Waals surface area contributed by atoms with Crippen LogP contribution in [0, 0.1) is 0 Å². The molecule has 1 unspecified atom stereocenters. The third kappa shape index (κ3) is 3.12. The monoisotopic (exact) mass is 370 g/mol. The number of aliphatic hydroxyl groups is 1. The van der Waals surface area contributed by atoms with Gasteiger partial charge in [0, 0.05) is 25.0 Å². The van der Waals surface area contributed by atoms with Gasteiger partial charge in [0.1, 0.15) is 15.0 Å². The van der Waals surface area contributed by atoms with Crippen LogP contribution >= 0.6 is 22.6 Å². The van der Waals surface area contributed by atoms with E-state index in [0.29, 0.717) is 12.3 Å². The molecule has 2 aliphatic rings. The van der Waals surface area contributed by atoms with Gasteiger partial charge in [-0.3, -0.25) is 0 Å². The van der Waals surface area contributed by atoms with E-state index in [1.807, 2.05) is 12.3 Å². The number of aliphatic hydroxyl groups excluding tert-OH is 1. The minimum atomic E-state index is -0.211. The molecule has 5 nitrogen and oxygen atoms in total. The first-order chi connectivity index (χ1) is 9.05. The molecule has 1 aliphatic heterocycles. The molecule has 0 amide bonds. The number of hydrazone groups is 1. The van der Waals surface area contributed by atoms with Crippen LogP contribution in [0.3, 0.4) is 0 Å². The van der Waals surface area contributed by atoms with Crippen molar-refractivity contribution in [1.82, 2.24) is 5.43 Å². The van der Waals surface area contributed by atoms with Crippen LogP contribution in [0.5, 0.6) is 0 Å². The lowest BCUT2D eigenvalue weighted by Crippen LogP contribution is -2.39. The summed E-state index contributed by atoms with van der Waals surface area (Å²) in [6.07, 6.45) is 9.39. The summed E-state index contributed by atoms with van der Waals surface area (Å²) in [5, 5.41) is 14.0. The van der Waals surface area contributed by atoms with Crippen LogP contribution < -0.4 is 5.43 Å². The molecule has 0 aromatic heterocycles. The second-order valence-electron chi connectivity index (χ2n) is 4.29. The number of aliphatic imine (C=N–C) groups is 2. The van der Waals surface area contributed by atoms with Crippen molar-refractivity contribution in [2.45, 2.75) is 22.8 Å². The summed E-state index contributed by atoms with van der Waals surface area (Å²) in [7, 11) is 0. The molecule has 0 bridgehead atoms. The van der Waals surface area contributed by atoms with E-state index < -0.39 is 0 Å². The van der Waals surface area contributed by atoms with E-state index in [0.717, 1.165) is 5.57 Å². The van der Waals surface area contributed by atoms with Crippen molar-refractivity contribution in [3.8, 4) is 0 Å². The standard InChI is InChI=1S/C13H15IN4O/c1-3-15-9(2)16-5-4-10-7-13(14)8-17-18-12(13)6-11(10)19/h3,5-8,12,18-19H,1,4H2,2H3/b15-9-,16-5-/t12?,13-/m1/s1. The fourth-order valence-electron chi connectivity index (χ4n) is 1.90. The van der Waals surface area contributed by atoms with Gasteiger partial charge >= 0.3 is 0 Å². The summed E-state index contributed by atoms with van der Waals surface area (Å²) in [4.78, 5) is 8.12. The minimum Gasteiger partial charge on any atom is -0.508 e. The number of fused-ring (bicyclic) bond motifs is 1. The van der Waals surface area contributed by atoms with Crippen LogP contribution in [0.2, 0.25) is 0 Å². The van der Waals surface area contributed by atoms with Crippen LogP contribution in [0.15, 0.2) is 51.3 Å². The van der Waals surface area contributed by atoms with Gasteiger partial charge in [-0.25, -0.2) is 9.98 Å². The highest BCUT2D eigenvalue weighted by Crippen LogP contribution is 2.35. The molecule has 0 radical (unpaired) electrons. The maximum absolute atomic E-state index is 9.98. The van der Waals surface area contributed by atoms with E-state index in [4.69, 9.17) is 0 Å². The lowest BCUT2D eigenvalue weighted by molar-refractivity contribution is 0.409. The molecular formula is C13H15IN4O. The van der Waals surface area contributed by atoms with Gasteiger partial charge in [0.05, 0.1) is 6.04 Å². The summed E-state index contributed by atoms with van der Waals surface area (Å²) >= 11 is 2.32. The first-order valence-corrected chi connectivity index (χ1v) is 6.92. The number of hydrogen-bond acceptors (Lipinski definition) is 4. The Balaban J connectivity index is 2.10. The zero-order chi connectivity index (χ0) is 13.9. The first-order valence-electron chi connectivity index (χ1n) is 5.84. The average molecular weight is 370 g/mol. The molecule has 2 atom stereocenters. The van der Waals surface area contributed by atoms with Crippen LogP contribution in [-0.4, -0.2) is 32.8 Å². The third-order valence-corrected chi connectivity index (χ3v) is 4.13. The number of hydrogen-bond donors (Lipinski definition) is 2. The van der Waals surface area contributed by atoms with E-state index in [-0.39, 0.29) is 15.2 Å². The second-order valence-corrected chi connectivity index (χ2v) is 6.16. The van der Waals surface area contributed by atoms with E-state index in [1.165, 1.54) is 6.20 Å². The Morgan fingerprint density at radius 2 is 2.53 bits per heavy atom. The van der Waals surface area contributed by atoms with E-state index in [1.54, 1.807) is 19.2 Å². The van der Waals surface area contributed by atoms with Gasteiger partial charge in [0.15, 0.2) is 0 Å². The summed E-state index contributed by atoms with van der Waals surface area (Å²) in [5.41, 5.74) is 3.80. The fourth-order valence-corrected chi connectivity index (χ4v) is 2.73. The smallest absolute Gasteiger partial charge is 0.124 e. The van der Waals surface area contributed by atoms with Gasteiger partial charge in [0.2, 0.25) is 0 Å². The van der Waals surface area contributed by atoms with Crippen molar-refractivity contribution < 1.29 is 5.11 Å². The highest BCUT2D eigenvalue weighted by Gasteiger charge is 2.39. The lowest BCUT2D eigenvalue weighted by Gasteiger charge is -2.26. The number of nitrogens with zero attached hydrogens (tertiary/aromatic N) is 3. The number of amidine groups is 1. The zero-order valence-corrected chi connectivity index (χ0v) is 12.7. The van der Waals surface area contributed by atoms with Gasteiger partial charge in [-0.1, -0.05) is 35.2 Å². The summed E-state index contributed by atoms with van der Waals surface area (Å²) in [6, 6.07) is 0.0119. The van der Waals surface area contributed by atoms with Crippen molar-refractivity contribution in [3.05, 3.63) is 36.3 Å². The number of alkyl halides is 1. The maximum atomic E-state index is 9.98. The van der Waals surface area contributed by atoms with Crippen LogP contribution in [-0.2, 0) is 0 Å². The Kier molecular flexibility index (Phi) is 4.18. The molecule has 0 aromatic rings. The van der Waals surface area contributed by atoms with Crippen molar-refractivity contribution >= 4 is 40.9 Å². The van der Waals surface area contributed by atoms with Crippen LogP contribution in [0.25, 0.3) is 0 Å². The SMILES string of the molecule is C=C/N=C(C)\N=C/CC1=C[C@@]2(I)C=NNC2C=C1O. The molecule has 2 rings (SSSR count). The maximum Gasteiger partial charge on any atom is 0.124 e. The number of rotatable bonds is 3. The fraction of sp³-hybridized carbons (Fsp3) is 0.308. The number of nitrogens with one attached hydrogen (secondary N) is 1. The molecule has 0 spiro atoms. The molecule has 0 saturated carbocycles. The van der Waals surface area contributed by atoms with Crippen molar-refractivity contribution in [3.63, 3.8) is 0 Å². The molecule has 19 heavy (non-hydrogen) atoms. The van der Waals surface area contributed by atoms with Crippen LogP contribution in [0.4, 0.5) is 0 Å². The van der Waals surface area contributed by atoms with E-state index in [2.05, 4.69) is 49.7 Å². The molecule has 1 heterocycles. The Morgan fingerprint density at radius 1 is 1.74 bits per heavy atom.